The summed E-state index contributed by atoms with van der Waals surface area (Å²) >= 11 is 0. The van der Waals surface area contributed by atoms with Crippen molar-refractivity contribution in [2.24, 2.45) is 5.92 Å². The smallest absolute Gasteiger partial charge is 0.258 e. The third-order valence-electron chi connectivity index (χ3n) is 7.25. The molecule has 5 rings (SSSR count). The average Bonchev–Trinajstić information content (AvgIpc) is 3.51. The van der Waals surface area contributed by atoms with E-state index in [-0.39, 0.29) is 17.9 Å². The fourth-order valence-corrected chi connectivity index (χ4v) is 5.46. The van der Waals surface area contributed by atoms with Crippen molar-refractivity contribution in [3.63, 3.8) is 0 Å². The van der Waals surface area contributed by atoms with Gasteiger partial charge in [0.25, 0.3) is 5.89 Å². The minimum Gasteiger partial charge on any atom is -0.490 e. The van der Waals surface area contributed by atoms with E-state index in [4.69, 9.17) is 9.26 Å². The van der Waals surface area contributed by atoms with Crippen LogP contribution in [0.4, 0.5) is 0 Å². The molecule has 8 nitrogen and oxygen atoms in total. The third-order valence-corrected chi connectivity index (χ3v) is 7.25. The Bertz CT molecular complexity index is 1340. The van der Waals surface area contributed by atoms with Crippen LogP contribution < -0.4 is 4.74 Å². The second-order valence-corrected chi connectivity index (χ2v) is 10.3. The van der Waals surface area contributed by atoms with Gasteiger partial charge < -0.3 is 14.2 Å². The highest BCUT2D eigenvalue weighted by molar-refractivity contribution is 5.80. The van der Waals surface area contributed by atoms with Crippen molar-refractivity contribution in [3.05, 3.63) is 53.1 Å². The molecule has 1 atom stereocenters. The van der Waals surface area contributed by atoms with Crippen LogP contribution in [0.1, 0.15) is 56.3 Å². The molecule has 1 aromatic heterocycles. The topological polar surface area (TPSA) is 95.5 Å². The van der Waals surface area contributed by atoms with E-state index in [1.165, 1.54) is 11.1 Å². The zero-order valence-electron chi connectivity index (χ0n) is 21.9. The second kappa shape index (κ2) is 10.3. The normalized spacial score (nSPS) is 17.4. The Hall–Kier alpha value is -3.70. The van der Waals surface area contributed by atoms with Gasteiger partial charge in [0, 0.05) is 43.9 Å². The van der Waals surface area contributed by atoms with Crippen LogP contribution in [0.15, 0.2) is 40.9 Å². The number of benzene rings is 2. The minimum atomic E-state index is -0.0259. The molecule has 2 aromatic carbocycles. The molecule has 192 valence electrons. The number of hydrogen-bond donors (Lipinski definition) is 0. The van der Waals surface area contributed by atoms with Crippen LogP contribution in [0.25, 0.3) is 22.8 Å². The van der Waals surface area contributed by atoms with Gasteiger partial charge in [0.15, 0.2) is 0 Å². The summed E-state index contributed by atoms with van der Waals surface area (Å²) in [6.07, 6.45) is 2.91. The summed E-state index contributed by atoms with van der Waals surface area (Å²) in [6, 6.07) is 14.1. The van der Waals surface area contributed by atoms with Crippen molar-refractivity contribution in [1.29, 1.82) is 5.26 Å². The number of nitrogens with zero attached hydrogens (tertiary/aromatic N) is 5. The van der Waals surface area contributed by atoms with E-state index in [1.807, 2.05) is 44.0 Å². The summed E-state index contributed by atoms with van der Waals surface area (Å²) in [5.74, 6) is 1.81. The molecular formula is C29H33N5O3. The first-order valence-electron chi connectivity index (χ1n) is 13.1. The molecule has 0 unspecified atom stereocenters. The lowest BCUT2D eigenvalue weighted by Gasteiger charge is -2.43. The van der Waals surface area contributed by atoms with Crippen LogP contribution in [-0.2, 0) is 11.2 Å². The number of hydrogen-bond acceptors (Lipinski definition) is 7. The zero-order valence-corrected chi connectivity index (χ0v) is 21.9. The highest BCUT2D eigenvalue weighted by atomic mass is 16.5. The van der Waals surface area contributed by atoms with E-state index in [0.29, 0.717) is 34.6 Å². The van der Waals surface area contributed by atoms with E-state index < -0.39 is 0 Å². The molecule has 3 aromatic rings. The van der Waals surface area contributed by atoms with E-state index in [0.717, 1.165) is 44.5 Å². The molecule has 0 saturated carbocycles. The fraction of sp³-hybridized carbons (Fsp3) is 0.448. The van der Waals surface area contributed by atoms with Crippen LogP contribution in [0.5, 0.6) is 5.75 Å². The van der Waals surface area contributed by atoms with Crippen LogP contribution in [0.3, 0.4) is 0 Å². The average molecular weight is 500 g/mol. The van der Waals surface area contributed by atoms with Crippen molar-refractivity contribution < 1.29 is 14.1 Å². The Labute approximate surface area is 217 Å². The third kappa shape index (κ3) is 4.84. The Balaban J connectivity index is 1.33. The van der Waals surface area contributed by atoms with Gasteiger partial charge in [-0.05, 0) is 62.4 Å². The first kappa shape index (κ1) is 25.0. The summed E-state index contributed by atoms with van der Waals surface area (Å²) in [4.78, 5) is 21.6. The van der Waals surface area contributed by atoms with Crippen LogP contribution >= 0.6 is 0 Å². The fourth-order valence-electron chi connectivity index (χ4n) is 5.46. The number of amides is 1. The maximum absolute atomic E-state index is 12.6. The molecule has 0 N–H and O–H groups in total. The Morgan fingerprint density at radius 3 is 2.84 bits per heavy atom. The monoisotopic (exact) mass is 499 g/mol. The number of carbonyl (C=O) groups is 1. The number of nitriles is 1. The number of carbonyl (C=O) groups excluding carboxylic acids is 1. The van der Waals surface area contributed by atoms with Crippen LogP contribution in [-0.4, -0.2) is 58.6 Å². The van der Waals surface area contributed by atoms with Crippen molar-refractivity contribution in [2.75, 3.05) is 26.7 Å². The number of aromatic nitrogens is 2. The maximum atomic E-state index is 12.6. The summed E-state index contributed by atoms with van der Waals surface area (Å²) < 4.78 is 11.3. The minimum absolute atomic E-state index is 0.0259. The van der Waals surface area contributed by atoms with E-state index in [2.05, 4.69) is 34.1 Å². The van der Waals surface area contributed by atoms with Crippen molar-refractivity contribution >= 4 is 5.91 Å². The van der Waals surface area contributed by atoms with E-state index >= 15 is 0 Å². The standard InChI is InChI=1S/C29H33N5O3/c1-5-13-33(4)29(35)21-16-34(17-21)25-11-10-22-23(25)7-6-8-24(22)27-31-28(37-32-27)19-9-12-26(36-18(2)3)20(14-19)15-30/h6-9,12,14,18,21,25H,5,10-11,13,16-17H2,1-4H3/t25-/m0/s1. The molecule has 37 heavy (non-hydrogen) atoms. The predicted molar refractivity (Wildman–Crippen MR) is 140 cm³/mol. The lowest BCUT2D eigenvalue weighted by molar-refractivity contribution is -0.141. The highest BCUT2D eigenvalue weighted by Gasteiger charge is 2.41. The predicted octanol–water partition coefficient (Wildman–Crippen LogP) is 4.85. The zero-order chi connectivity index (χ0) is 26.1. The summed E-state index contributed by atoms with van der Waals surface area (Å²) in [7, 11) is 1.90. The van der Waals surface area contributed by atoms with Gasteiger partial charge in [-0.25, -0.2) is 0 Å². The first-order valence-corrected chi connectivity index (χ1v) is 13.1. The lowest BCUT2D eigenvalue weighted by atomic mass is 9.93. The molecular weight excluding hydrogens is 466 g/mol. The van der Waals surface area contributed by atoms with Crippen molar-refractivity contribution in [2.45, 2.75) is 52.2 Å². The summed E-state index contributed by atoms with van der Waals surface area (Å²) in [5, 5.41) is 13.8. The number of rotatable bonds is 8. The molecule has 0 bridgehead atoms. The first-order chi connectivity index (χ1) is 17.9. The molecule has 2 aliphatic rings. The van der Waals surface area contributed by atoms with Gasteiger partial charge in [-0.2, -0.15) is 10.2 Å². The Kier molecular flexibility index (Phi) is 6.98. The molecule has 1 aliphatic carbocycles. The van der Waals surface area contributed by atoms with Gasteiger partial charge in [0.05, 0.1) is 17.6 Å². The molecule has 0 spiro atoms. The number of likely N-dealkylation sites (tertiary alicyclic amines) is 1. The van der Waals surface area contributed by atoms with Crippen molar-refractivity contribution in [1.82, 2.24) is 19.9 Å². The Morgan fingerprint density at radius 1 is 1.30 bits per heavy atom. The van der Waals surface area contributed by atoms with E-state index in [9.17, 15) is 10.1 Å². The van der Waals surface area contributed by atoms with Crippen molar-refractivity contribution in [3.8, 4) is 34.7 Å². The molecule has 1 amide bonds. The molecule has 1 aliphatic heterocycles. The maximum Gasteiger partial charge on any atom is 0.258 e. The SMILES string of the molecule is CCCN(C)C(=O)C1CN([C@H]2CCc3c(-c4noc(-c5ccc(OC(C)C)c(C#N)c5)n4)cccc32)C1. The molecule has 2 heterocycles. The van der Waals surface area contributed by atoms with E-state index in [1.54, 1.807) is 12.1 Å². The number of ether oxygens (including phenoxy) is 1. The lowest BCUT2D eigenvalue weighted by Crippen LogP contribution is -2.54. The summed E-state index contributed by atoms with van der Waals surface area (Å²) in [5.41, 5.74) is 4.63. The largest absolute Gasteiger partial charge is 0.490 e. The molecule has 1 saturated heterocycles. The van der Waals surface area contributed by atoms with Crippen LogP contribution in [0, 0.1) is 17.2 Å². The van der Waals surface area contributed by atoms with Gasteiger partial charge in [-0.3, -0.25) is 9.69 Å². The number of fused-ring (bicyclic) bond motifs is 1. The molecule has 8 heteroatoms. The quantitative estimate of drug-likeness (QED) is 0.437. The Morgan fingerprint density at radius 2 is 2.11 bits per heavy atom. The van der Waals surface area contributed by atoms with Crippen LogP contribution in [0.2, 0.25) is 0 Å². The summed E-state index contributed by atoms with van der Waals surface area (Å²) in [6.45, 7) is 8.38. The van der Waals surface area contributed by atoms with Gasteiger partial charge >= 0.3 is 0 Å². The van der Waals surface area contributed by atoms with Gasteiger partial charge in [-0.15, -0.1) is 0 Å². The highest BCUT2D eigenvalue weighted by Crippen LogP contribution is 2.43. The molecule has 0 radical (unpaired) electrons. The second-order valence-electron chi connectivity index (χ2n) is 10.3. The van der Waals surface area contributed by atoms with Gasteiger partial charge in [0.2, 0.25) is 11.7 Å². The van der Waals surface area contributed by atoms with Gasteiger partial charge in [-0.1, -0.05) is 30.3 Å². The van der Waals surface area contributed by atoms with Gasteiger partial charge in [0.1, 0.15) is 11.8 Å². The molecule has 1 fully saturated rings.